The summed E-state index contributed by atoms with van der Waals surface area (Å²) in [6.45, 7) is 9.89. The van der Waals surface area contributed by atoms with Gasteiger partial charge in [0.25, 0.3) is 0 Å². The van der Waals surface area contributed by atoms with E-state index in [-0.39, 0.29) is 0 Å². The highest BCUT2D eigenvalue weighted by atomic mass is 35.5. The third-order valence-corrected chi connectivity index (χ3v) is 5.24. The Bertz CT molecular complexity index is 620. The molecule has 1 heterocycles. The van der Waals surface area contributed by atoms with Crippen molar-refractivity contribution in [3.8, 4) is 0 Å². The minimum atomic E-state index is -1.06. The summed E-state index contributed by atoms with van der Waals surface area (Å²) < 4.78 is 7.46. The zero-order valence-electron chi connectivity index (χ0n) is 13.1. The summed E-state index contributed by atoms with van der Waals surface area (Å²) in [4.78, 5) is 0. The molecule has 1 aromatic heterocycles. The van der Waals surface area contributed by atoms with Gasteiger partial charge in [0, 0.05) is 36.8 Å². The van der Waals surface area contributed by atoms with E-state index in [1.54, 1.807) is 17.7 Å². The lowest BCUT2D eigenvalue weighted by Crippen LogP contribution is -2.22. The SMILES string of the molecule is CC(O)c1cc(Cl)cc2cn(COCC[Si](C)(C)C)nc12. The summed E-state index contributed by atoms with van der Waals surface area (Å²) in [7, 11) is -1.06. The van der Waals surface area contributed by atoms with Gasteiger partial charge in [0.05, 0.1) is 11.6 Å². The third kappa shape index (κ3) is 4.54. The lowest BCUT2D eigenvalue weighted by molar-refractivity contribution is 0.0790. The number of nitrogens with zero attached hydrogens (tertiary/aromatic N) is 2. The molecule has 0 aliphatic rings. The quantitative estimate of drug-likeness (QED) is 0.643. The van der Waals surface area contributed by atoms with Crippen LogP contribution in [0.2, 0.25) is 30.7 Å². The fourth-order valence-electron chi connectivity index (χ4n) is 2.09. The summed E-state index contributed by atoms with van der Waals surface area (Å²) in [5.74, 6) is 0. The first-order valence-corrected chi connectivity index (χ1v) is 11.3. The average molecular weight is 327 g/mol. The third-order valence-electron chi connectivity index (χ3n) is 3.32. The topological polar surface area (TPSA) is 47.3 Å². The minimum absolute atomic E-state index is 0.427. The fourth-order valence-corrected chi connectivity index (χ4v) is 3.09. The molecule has 0 bridgehead atoms. The van der Waals surface area contributed by atoms with Gasteiger partial charge in [-0.3, -0.25) is 0 Å². The summed E-state index contributed by atoms with van der Waals surface area (Å²) in [6.07, 6.45) is 1.31. The Morgan fingerprint density at radius 1 is 1.38 bits per heavy atom. The van der Waals surface area contributed by atoms with E-state index in [0.717, 1.165) is 29.1 Å². The number of benzene rings is 1. The molecule has 1 atom stereocenters. The van der Waals surface area contributed by atoms with Gasteiger partial charge in [-0.2, -0.15) is 5.10 Å². The molecule has 116 valence electrons. The lowest BCUT2D eigenvalue weighted by Gasteiger charge is -2.15. The Morgan fingerprint density at radius 3 is 2.71 bits per heavy atom. The van der Waals surface area contributed by atoms with E-state index in [2.05, 4.69) is 24.7 Å². The molecule has 0 saturated heterocycles. The molecule has 0 spiro atoms. The Labute approximate surface area is 131 Å². The molecule has 2 rings (SSSR count). The summed E-state index contributed by atoms with van der Waals surface area (Å²) in [6, 6.07) is 4.75. The fraction of sp³-hybridized carbons (Fsp3) is 0.533. The molecule has 6 heteroatoms. The molecule has 0 saturated carbocycles. The first-order chi connectivity index (χ1) is 9.76. The van der Waals surface area contributed by atoms with Crippen molar-refractivity contribution in [1.82, 2.24) is 9.78 Å². The van der Waals surface area contributed by atoms with Crippen LogP contribution in [0.25, 0.3) is 10.9 Å². The van der Waals surface area contributed by atoms with Crippen molar-refractivity contribution in [2.24, 2.45) is 0 Å². The second kappa shape index (κ2) is 6.48. The van der Waals surface area contributed by atoms with Gasteiger partial charge in [-0.05, 0) is 25.1 Å². The summed E-state index contributed by atoms with van der Waals surface area (Å²) in [5, 5.41) is 15.9. The highest BCUT2D eigenvalue weighted by Gasteiger charge is 2.14. The van der Waals surface area contributed by atoms with E-state index in [1.165, 1.54) is 0 Å². The van der Waals surface area contributed by atoms with Crippen LogP contribution in [0, 0.1) is 0 Å². The molecule has 0 aliphatic heterocycles. The molecule has 0 aliphatic carbocycles. The van der Waals surface area contributed by atoms with Crippen molar-refractivity contribution < 1.29 is 9.84 Å². The van der Waals surface area contributed by atoms with Gasteiger partial charge in [-0.25, -0.2) is 4.68 Å². The average Bonchev–Trinajstić information content (AvgIpc) is 2.74. The number of hydrogen-bond donors (Lipinski definition) is 1. The summed E-state index contributed by atoms with van der Waals surface area (Å²) in [5.41, 5.74) is 1.53. The number of aliphatic hydroxyl groups is 1. The smallest absolute Gasteiger partial charge is 0.139 e. The lowest BCUT2D eigenvalue weighted by atomic mass is 10.1. The van der Waals surface area contributed by atoms with Gasteiger partial charge in [0.1, 0.15) is 6.73 Å². The predicted molar refractivity (Wildman–Crippen MR) is 89.5 cm³/mol. The van der Waals surface area contributed by atoms with Crippen LogP contribution in [-0.4, -0.2) is 29.6 Å². The van der Waals surface area contributed by atoms with E-state index < -0.39 is 14.2 Å². The first kappa shape index (κ1) is 16.5. The van der Waals surface area contributed by atoms with Crippen molar-refractivity contribution in [1.29, 1.82) is 0 Å². The van der Waals surface area contributed by atoms with Crippen molar-refractivity contribution in [2.75, 3.05) is 6.61 Å². The molecule has 21 heavy (non-hydrogen) atoms. The van der Waals surface area contributed by atoms with E-state index >= 15 is 0 Å². The van der Waals surface area contributed by atoms with Gasteiger partial charge in [-0.1, -0.05) is 31.2 Å². The van der Waals surface area contributed by atoms with Gasteiger partial charge in [-0.15, -0.1) is 0 Å². The molecule has 0 radical (unpaired) electrons. The molecule has 1 unspecified atom stereocenters. The number of halogens is 1. The van der Waals surface area contributed by atoms with Crippen molar-refractivity contribution in [2.45, 2.75) is 45.4 Å². The summed E-state index contributed by atoms with van der Waals surface area (Å²) >= 11 is 6.08. The number of aromatic nitrogens is 2. The Hall–Kier alpha value is -0.883. The van der Waals surface area contributed by atoms with E-state index in [1.807, 2.05) is 12.3 Å². The molecular formula is C15H23ClN2O2Si. The highest BCUT2D eigenvalue weighted by molar-refractivity contribution is 6.76. The maximum absolute atomic E-state index is 9.82. The van der Waals surface area contributed by atoms with Gasteiger partial charge in [0.2, 0.25) is 0 Å². The van der Waals surface area contributed by atoms with Crippen LogP contribution in [0.4, 0.5) is 0 Å². The molecule has 2 aromatic rings. The number of fused-ring (bicyclic) bond motifs is 1. The number of aliphatic hydroxyl groups excluding tert-OH is 1. The van der Waals surface area contributed by atoms with E-state index in [9.17, 15) is 5.11 Å². The second-order valence-corrected chi connectivity index (χ2v) is 12.7. The van der Waals surface area contributed by atoms with Crippen LogP contribution in [-0.2, 0) is 11.5 Å². The van der Waals surface area contributed by atoms with E-state index in [4.69, 9.17) is 16.3 Å². The van der Waals surface area contributed by atoms with Gasteiger partial charge >= 0.3 is 0 Å². The predicted octanol–water partition coefficient (Wildman–Crippen LogP) is 4.06. The zero-order chi connectivity index (χ0) is 15.6. The molecule has 0 fully saturated rings. The minimum Gasteiger partial charge on any atom is -0.389 e. The van der Waals surface area contributed by atoms with Crippen LogP contribution in [0.1, 0.15) is 18.6 Å². The molecular weight excluding hydrogens is 304 g/mol. The first-order valence-electron chi connectivity index (χ1n) is 7.19. The van der Waals surface area contributed by atoms with Gasteiger partial charge < -0.3 is 9.84 Å². The standard InChI is InChI=1S/C15H23ClN2O2Si/c1-11(19)14-8-13(16)7-12-9-18(17-15(12)14)10-20-5-6-21(2,3)4/h7-9,11,19H,5-6,10H2,1-4H3. The van der Waals surface area contributed by atoms with Crippen LogP contribution in [0.5, 0.6) is 0 Å². The number of rotatable bonds is 6. The Kier molecular flexibility index (Phi) is 5.09. The maximum Gasteiger partial charge on any atom is 0.139 e. The second-order valence-electron chi connectivity index (χ2n) is 6.63. The van der Waals surface area contributed by atoms with E-state index in [0.29, 0.717) is 11.8 Å². The normalized spacial score (nSPS) is 13.8. The monoisotopic (exact) mass is 326 g/mol. The van der Waals surface area contributed by atoms with Crippen LogP contribution >= 0.6 is 11.6 Å². The van der Waals surface area contributed by atoms with Crippen LogP contribution < -0.4 is 0 Å². The van der Waals surface area contributed by atoms with Crippen molar-refractivity contribution in [3.05, 3.63) is 28.9 Å². The molecule has 4 nitrogen and oxygen atoms in total. The molecule has 0 amide bonds. The zero-order valence-corrected chi connectivity index (χ0v) is 14.8. The van der Waals surface area contributed by atoms with Crippen LogP contribution in [0.15, 0.2) is 18.3 Å². The van der Waals surface area contributed by atoms with Gasteiger partial charge in [0.15, 0.2) is 0 Å². The van der Waals surface area contributed by atoms with Crippen LogP contribution in [0.3, 0.4) is 0 Å². The Morgan fingerprint density at radius 2 is 2.10 bits per heavy atom. The molecule has 1 aromatic carbocycles. The maximum atomic E-state index is 9.82. The number of ether oxygens (including phenoxy) is 1. The Balaban J connectivity index is 2.10. The molecule has 1 N–H and O–H groups in total. The van der Waals surface area contributed by atoms with Crippen molar-refractivity contribution in [3.63, 3.8) is 0 Å². The highest BCUT2D eigenvalue weighted by Crippen LogP contribution is 2.27. The van der Waals surface area contributed by atoms with Crippen molar-refractivity contribution >= 4 is 30.6 Å². The largest absolute Gasteiger partial charge is 0.389 e. The number of hydrogen-bond acceptors (Lipinski definition) is 3.